The molecule has 0 aliphatic heterocycles. The highest BCUT2D eigenvalue weighted by Gasteiger charge is 2.17. The largest absolute Gasteiger partial charge is 0.378 e. The topological polar surface area (TPSA) is 16.1 Å². The highest BCUT2D eigenvalue weighted by atomic mass is 15.1. The quantitative estimate of drug-likeness (QED) is 0.710. The molecule has 2 aromatic carbocycles. The molecule has 1 atom stereocenters. The van der Waals surface area contributed by atoms with Gasteiger partial charge in [-0.15, -0.1) is 0 Å². The molecular weight excluding hydrogens is 268 g/mol. The number of anilines is 1. The Morgan fingerprint density at radius 1 is 0.727 bits per heavy atom. The lowest BCUT2D eigenvalue weighted by molar-refractivity contribution is 0.918. The third-order valence-electron chi connectivity index (χ3n) is 3.86. The summed E-state index contributed by atoms with van der Waals surface area (Å²) in [5, 5.41) is 0. The predicted octanol–water partition coefficient (Wildman–Crippen LogP) is 4.33. The number of benzene rings is 2. The van der Waals surface area contributed by atoms with Gasteiger partial charge in [-0.3, -0.25) is 4.98 Å². The number of aromatic nitrogens is 1. The first-order chi connectivity index (χ1) is 10.8. The molecule has 0 N–H and O–H groups in total. The zero-order valence-corrected chi connectivity index (χ0v) is 13.0. The van der Waals surface area contributed by atoms with Crippen LogP contribution in [0.3, 0.4) is 0 Å². The van der Waals surface area contributed by atoms with Crippen LogP contribution in [0.15, 0.2) is 79.0 Å². The van der Waals surface area contributed by atoms with Gasteiger partial charge in [0, 0.05) is 26.0 Å². The van der Waals surface area contributed by atoms with Crippen LogP contribution in [0, 0.1) is 0 Å². The molecule has 0 amide bonds. The van der Waals surface area contributed by atoms with Crippen molar-refractivity contribution in [2.75, 3.05) is 19.0 Å². The second kappa shape index (κ2) is 6.44. The molecule has 22 heavy (non-hydrogen) atoms. The molecule has 0 aliphatic carbocycles. The zero-order valence-electron chi connectivity index (χ0n) is 13.0. The lowest BCUT2D eigenvalue weighted by Gasteiger charge is -2.19. The summed E-state index contributed by atoms with van der Waals surface area (Å²) in [6, 6.07) is 25.4. The standard InChI is InChI=1S/C20H20N2/c1-22(2)18-13-11-17(12-14-18)20(16-8-4-3-5-9-16)19-10-6-7-15-21-19/h3-15,20H,1-2H3. The van der Waals surface area contributed by atoms with Gasteiger partial charge in [-0.05, 0) is 35.4 Å². The predicted molar refractivity (Wildman–Crippen MR) is 92.4 cm³/mol. The fraction of sp³-hybridized carbons (Fsp3) is 0.150. The Morgan fingerprint density at radius 3 is 1.95 bits per heavy atom. The SMILES string of the molecule is CN(C)c1ccc(C(c2ccccc2)c2ccccn2)cc1. The molecular formula is C20H20N2. The Bertz CT molecular complexity index is 664. The first-order valence-electron chi connectivity index (χ1n) is 7.49. The third-order valence-corrected chi connectivity index (χ3v) is 3.86. The second-order valence-corrected chi connectivity index (χ2v) is 5.58. The number of pyridine rings is 1. The van der Waals surface area contributed by atoms with Crippen LogP contribution in [-0.2, 0) is 0 Å². The Morgan fingerprint density at radius 2 is 1.36 bits per heavy atom. The molecule has 2 heteroatoms. The molecule has 110 valence electrons. The summed E-state index contributed by atoms with van der Waals surface area (Å²) in [6.07, 6.45) is 1.86. The first-order valence-corrected chi connectivity index (χ1v) is 7.49. The van der Waals surface area contributed by atoms with E-state index in [1.165, 1.54) is 16.8 Å². The second-order valence-electron chi connectivity index (χ2n) is 5.58. The number of rotatable bonds is 4. The summed E-state index contributed by atoms with van der Waals surface area (Å²) in [5.74, 6) is 0.165. The third kappa shape index (κ3) is 3.01. The van der Waals surface area contributed by atoms with Gasteiger partial charge in [0.1, 0.15) is 0 Å². The van der Waals surface area contributed by atoms with Crippen LogP contribution in [0.2, 0.25) is 0 Å². The smallest absolute Gasteiger partial charge is 0.0522 e. The monoisotopic (exact) mass is 288 g/mol. The Balaban J connectivity index is 2.06. The van der Waals surface area contributed by atoms with Gasteiger partial charge in [-0.2, -0.15) is 0 Å². The van der Waals surface area contributed by atoms with Gasteiger partial charge < -0.3 is 4.90 Å². The van der Waals surface area contributed by atoms with Crippen LogP contribution in [0.5, 0.6) is 0 Å². The van der Waals surface area contributed by atoms with Crippen molar-refractivity contribution in [1.29, 1.82) is 0 Å². The maximum Gasteiger partial charge on any atom is 0.0522 e. The molecule has 0 spiro atoms. The highest BCUT2D eigenvalue weighted by Crippen LogP contribution is 2.31. The Hall–Kier alpha value is -2.61. The number of hydrogen-bond donors (Lipinski definition) is 0. The molecule has 1 heterocycles. The molecule has 3 rings (SSSR count). The lowest BCUT2D eigenvalue weighted by Crippen LogP contribution is -2.09. The van der Waals surface area contributed by atoms with E-state index in [2.05, 4.69) is 78.6 Å². The van der Waals surface area contributed by atoms with Crippen molar-refractivity contribution < 1.29 is 0 Å². The normalized spacial score (nSPS) is 11.9. The van der Waals surface area contributed by atoms with E-state index < -0.39 is 0 Å². The van der Waals surface area contributed by atoms with Crippen molar-refractivity contribution >= 4 is 5.69 Å². The van der Waals surface area contributed by atoms with Crippen LogP contribution in [0.1, 0.15) is 22.7 Å². The summed E-state index contributed by atoms with van der Waals surface area (Å²) in [7, 11) is 4.12. The van der Waals surface area contributed by atoms with Crippen LogP contribution >= 0.6 is 0 Å². The van der Waals surface area contributed by atoms with Gasteiger partial charge in [0.2, 0.25) is 0 Å². The van der Waals surface area contributed by atoms with Crippen molar-refractivity contribution in [2.24, 2.45) is 0 Å². The summed E-state index contributed by atoms with van der Waals surface area (Å²) >= 11 is 0. The van der Waals surface area contributed by atoms with E-state index in [1.807, 2.05) is 24.4 Å². The molecule has 0 bridgehead atoms. The van der Waals surface area contributed by atoms with Crippen molar-refractivity contribution in [3.63, 3.8) is 0 Å². The van der Waals surface area contributed by atoms with E-state index in [0.29, 0.717) is 0 Å². The minimum absolute atomic E-state index is 0.165. The van der Waals surface area contributed by atoms with E-state index in [4.69, 9.17) is 0 Å². The minimum atomic E-state index is 0.165. The van der Waals surface area contributed by atoms with Gasteiger partial charge in [0.05, 0.1) is 11.6 Å². The van der Waals surface area contributed by atoms with Crippen molar-refractivity contribution in [2.45, 2.75) is 5.92 Å². The molecule has 0 saturated carbocycles. The fourth-order valence-corrected chi connectivity index (χ4v) is 2.69. The van der Waals surface area contributed by atoms with Crippen LogP contribution in [0.25, 0.3) is 0 Å². The zero-order chi connectivity index (χ0) is 15.4. The van der Waals surface area contributed by atoms with Crippen LogP contribution in [0.4, 0.5) is 5.69 Å². The number of nitrogens with zero attached hydrogens (tertiary/aromatic N) is 2. The Labute approximate surface area is 132 Å². The molecule has 3 aromatic rings. The maximum absolute atomic E-state index is 4.58. The van der Waals surface area contributed by atoms with Gasteiger partial charge in [0.15, 0.2) is 0 Å². The fourth-order valence-electron chi connectivity index (χ4n) is 2.69. The van der Waals surface area contributed by atoms with Crippen molar-refractivity contribution in [1.82, 2.24) is 4.98 Å². The summed E-state index contributed by atoms with van der Waals surface area (Å²) in [6.45, 7) is 0. The molecule has 0 saturated heterocycles. The summed E-state index contributed by atoms with van der Waals surface area (Å²) in [4.78, 5) is 6.69. The van der Waals surface area contributed by atoms with Gasteiger partial charge >= 0.3 is 0 Å². The summed E-state index contributed by atoms with van der Waals surface area (Å²) in [5.41, 5.74) is 4.80. The van der Waals surface area contributed by atoms with E-state index in [0.717, 1.165) is 5.69 Å². The average molecular weight is 288 g/mol. The van der Waals surface area contributed by atoms with Gasteiger partial charge in [0.25, 0.3) is 0 Å². The lowest BCUT2D eigenvalue weighted by atomic mass is 9.88. The van der Waals surface area contributed by atoms with Gasteiger partial charge in [-0.1, -0.05) is 48.5 Å². The van der Waals surface area contributed by atoms with Crippen molar-refractivity contribution in [3.8, 4) is 0 Å². The van der Waals surface area contributed by atoms with Crippen LogP contribution in [-0.4, -0.2) is 19.1 Å². The average Bonchev–Trinajstić information content (AvgIpc) is 2.57. The van der Waals surface area contributed by atoms with E-state index in [-0.39, 0.29) is 5.92 Å². The molecule has 1 aromatic heterocycles. The molecule has 2 nitrogen and oxygen atoms in total. The summed E-state index contributed by atoms with van der Waals surface area (Å²) < 4.78 is 0. The van der Waals surface area contributed by atoms with E-state index in [9.17, 15) is 0 Å². The molecule has 0 radical (unpaired) electrons. The van der Waals surface area contributed by atoms with Crippen molar-refractivity contribution in [3.05, 3.63) is 95.8 Å². The number of hydrogen-bond acceptors (Lipinski definition) is 2. The highest BCUT2D eigenvalue weighted by molar-refractivity contribution is 5.49. The van der Waals surface area contributed by atoms with E-state index in [1.54, 1.807) is 0 Å². The van der Waals surface area contributed by atoms with Crippen LogP contribution < -0.4 is 4.90 Å². The van der Waals surface area contributed by atoms with E-state index >= 15 is 0 Å². The molecule has 0 fully saturated rings. The minimum Gasteiger partial charge on any atom is -0.378 e. The Kier molecular flexibility index (Phi) is 4.19. The molecule has 1 unspecified atom stereocenters. The maximum atomic E-state index is 4.58. The molecule has 0 aliphatic rings. The van der Waals surface area contributed by atoms with Gasteiger partial charge in [-0.25, -0.2) is 0 Å². The first kappa shape index (κ1) is 14.3.